The van der Waals surface area contributed by atoms with Crippen molar-refractivity contribution < 1.29 is 19.1 Å². The number of ether oxygens (including phenoxy) is 1. The Bertz CT molecular complexity index is 2140. The number of fused-ring (bicyclic) bond motifs is 1. The fraction of sp³-hybridized carbons (Fsp3) is 0.0526. The maximum atomic E-state index is 13.8. The summed E-state index contributed by atoms with van der Waals surface area (Å²) in [6.45, 7) is 0. The number of nitrogens with one attached hydrogen (secondary N) is 3. The lowest BCUT2D eigenvalue weighted by molar-refractivity contribution is -0.116. The molecule has 1 unspecified atom stereocenters. The van der Waals surface area contributed by atoms with Crippen molar-refractivity contribution >= 4 is 83.9 Å². The van der Waals surface area contributed by atoms with Gasteiger partial charge in [0.15, 0.2) is 5.13 Å². The molecule has 6 aromatic rings. The second kappa shape index (κ2) is 15.8. The Morgan fingerprint density at radius 1 is 0.837 bits per heavy atom. The Morgan fingerprint density at radius 3 is 2.31 bits per heavy atom. The van der Waals surface area contributed by atoms with E-state index in [2.05, 4.69) is 36.9 Å². The van der Waals surface area contributed by atoms with Crippen LogP contribution in [0.2, 0.25) is 0 Å². The maximum absolute atomic E-state index is 13.8. The topological polar surface area (TPSA) is 109 Å². The molecule has 8 nitrogen and oxygen atoms in total. The zero-order valence-corrected chi connectivity index (χ0v) is 29.3. The average molecular weight is 750 g/mol. The van der Waals surface area contributed by atoms with Crippen LogP contribution in [-0.2, 0) is 9.59 Å². The highest BCUT2D eigenvalue weighted by molar-refractivity contribution is 9.10. The minimum absolute atomic E-state index is 0.0734. The van der Waals surface area contributed by atoms with Crippen LogP contribution in [0.25, 0.3) is 16.3 Å². The Labute approximate surface area is 299 Å². The first kappa shape index (κ1) is 33.7. The van der Waals surface area contributed by atoms with Crippen LogP contribution in [0.5, 0.6) is 5.75 Å². The Kier molecular flexibility index (Phi) is 10.8. The first-order valence-electron chi connectivity index (χ1n) is 15.1. The van der Waals surface area contributed by atoms with Crippen molar-refractivity contribution in [2.75, 3.05) is 17.7 Å². The second-order valence-corrected chi connectivity index (χ2v) is 13.8. The zero-order valence-electron chi connectivity index (χ0n) is 26.1. The van der Waals surface area contributed by atoms with Crippen molar-refractivity contribution in [3.63, 3.8) is 0 Å². The van der Waals surface area contributed by atoms with E-state index in [1.807, 2.05) is 84.9 Å². The smallest absolute Gasteiger partial charge is 0.272 e. The highest BCUT2D eigenvalue weighted by atomic mass is 79.9. The van der Waals surface area contributed by atoms with E-state index in [-0.39, 0.29) is 11.6 Å². The minimum atomic E-state index is -0.619. The fourth-order valence-electron chi connectivity index (χ4n) is 4.81. The van der Waals surface area contributed by atoms with Crippen molar-refractivity contribution in [1.82, 2.24) is 10.3 Å². The maximum Gasteiger partial charge on any atom is 0.272 e. The zero-order chi connectivity index (χ0) is 34.2. The normalized spacial score (nSPS) is 11.8. The van der Waals surface area contributed by atoms with E-state index in [1.54, 1.807) is 55.7 Å². The number of rotatable bonds is 11. The highest BCUT2D eigenvalue weighted by Gasteiger charge is 2.24. The van der Waals surface area contributed by atoms with Gasteiger partial charge in [-0.05, 0) is 77.9 Å². The predicted octanol–water partition coefficient (Wildman–Crippen LogP) is 8.95. The lowest BCUT2D eigenvalue weighted by Crippen LogP contribution is -2.30. The van der Waals surface area contributed by atoms with Crippen molar-refractivity contribution in [2.45, 2.75) is 10.1 Å². The van der Waals surface area contributed by atoms with Gasteiger partial charge in [0.2, 0.25) is 5.91 Å². The number of aromatic nitrogens is 1. The number of anilines is 2. The highest BCUT2D eigenvalue weighted by Crippen LogP contribution is 2.38. The molecule has 0 aliphatic heterocycles. The second-order valence-electron chi connectivity index (χ2n) is 10.7. The van der Waals surface area contributed by atoms with Gasteiger partial charge in [0, 0.05) is 20.6 Å². The lowest BCUT2D eigenvalue weighted by atomic mass is 10.1. The van der Waals surface area contributed by atoms with Gasteiger partial charge >= 0.3 is 0 Å². The molecule has 3 amide bonds. The van der Waals surface area contributed by atoms with E-state index >= 15 is 0 Å². The molecular formula is C38H29BrN4O4S2. The van der Waals surface area contributed by atoms with Crippen molar-refractivity contribution in [1.29, 1.82) is 0 Å². The number of halogens is 1. The Morgan fingerprint density at radius 2 is 1.57 bits per heavy atom. The third-order valence-corrected chi connectivity index (χ3v) is 9.93. The van der Waals surface area contributed by atoms with Crippen LogP contribution in [0.3, 0.4) is 0 Å². The number of hydrogen-bond acceptors (Lipinski definition) is 7. The van der Waals surface area contributed by atoms with E-state index < -0.39 is 17.1 Å². The number of carbonyl (C=O) groups excluding carboxylic acids is 3. The number of amides is 3. The van der Waals surface area contributed by atoms with Crippen molar-refractivity contribution in [3.8, 4) is 5.75 Å². The molecule has 0 spiro atoms. The van der Waals surface area contributed by atoms with Gasteiger partial charge in [0.1, 0.15) is 16.7 Å². The number of hydrogen-bond donors (Lipinski definition) is 3. The molecule has 0 saturated carbocycles. The van der Waals surface area contributed by atoms with Gasteiger partial charge < -0.3 is 20.7 Å². The minimum Gasteiger partial charge on any atom is -0.497 e. The number of thiazole rings is 1. The molecule has 0 fully saturated rings. The molecule has 1 heterocycles. The van der Waals surface area contributed by atoms with Gasteiger partial charge in [0.05, 0.1) is 17.3 Å². The third-order valence-electron chi connectivity index (χ3n) is 7.22. The first-order valence-corrected chi connectivity index (χ1v) is 17.6. The SMILES string of the molecule is COc1ccc2nc(NC(=O)C(Sc3cccc(NC(=O)/C(=C/c4ccc(Br)cc4)NC(=O)c4ccccc4)c3)c3ccccc3)sc2c1. The Balaban J connectivity index is 1.22. The molecule has 11 heteroatoms. The summed E-state index contributed by atoms with van der Waals surface area (Å²) in [7, 11) is 1.61. The summed E-state index contributed by atoms with van der Waals surface area (Å²) in [6.07, 6.45) is 1.62. The van der Waals surface area contributed by atoms with Gasteiger partial charge in [-0.25, -0.2) is 4.98 Å². The number of methoxy groups -OCH3 is 1. The molecule has 0 aliphatic rings. The number of benzene rings is 5. The van der Waals surface area contributed by atoms with E-state index in [0.29, 0.717) is 22.1 Å². The summed E-state index contributed by atoms with van der Waals surface area (Å²) in [4.78, 5) is 45.8. The van der Waals surface area contributed by atoms with Crippen LogP contribution < -0.4 is 20.7 Å². The van der Waals surface area contributed by atoms with Gasteiger partial charge in [-0.1, -0.05) is 94.0 Å². The van der Waals surface area contributed by atoms with E-state index in [1.165, 1.54) is 23.1 Å². The monoisotopic (exact) mass is 748 g/mol. The largest absolute Gasteiger partial charge is 0.497 e. The molecule has 6 rings (SSSR count). The summed E-state index contributed by atoms with van der Waals surface area (Å²) >= 11 is 6.15. The number of carbonyl (C=O) groups is 3. The van der Waals surface area contributed by atoms with E-state index in [9.17, 15) is 14.4 Å². The molecule has 1 atom stereocenters. The summed E-state index contributed by atoms with van der Waals surface area (Å²) in [5.41, 5.74) is 3.30. The predicted molar refractivity (Wildman–Crippen MR) is 201 cm³/mol. The van der Waals surface area contributed by atoms with Gasteiger partial charge in [-0.3, -0.25) is 14.4 Å². The molecular weight excluding hydrogens is 720 g/mol. The molecule has 1 aromatic heterocycles. The molecule has 5 aromatic carbocycles. The summed E-state index contributed by atoms with van der Waals surface area (Å²) in [5.74, 6) is -0.431. The van der Waals surface area contributed by atoms with Gasteiger partial charge in [-0.15, -0.1) is 11.8 Å². The van der Waals surface area contributed by atoms with E-state index in [0.717, 1.165) is 30.7 Å². The van der Waals surface area contributed by atoms with Crippen molar-refractivity contribution in [2.24, 2.45) is 0 Å². The molecule has 0 saturated heterocycles. The van der Waals surface area contributed by atoms with Crippen LogP contribution in [0.1, 0.15) is 26.7 Å². The van der Waals surface area contributed by atoms with Crippen molar-refractivity contribution in [3.05, 3.63) is 154 Å². The van der Waals surface area contributed by atoms with Gasteiger partial charge in [0.25, 0.3) is 11.8 Å². The first-order chi connectivity index (χ1) is 23.8. The molecule has 0 bridgehead atoms. The Hall–Kier alpha value is -5.23. The molecule has 0 aliphatic carbocycles. The molecule has 0 radical (unpaired) electrons. The van der Waals surface area contributed by atoms with Crippen LogP contribution in [0.15, 0.2) is 142 Å². The number of nitrogens with zero attached hydrogens (tertiary/aromatic N) is 1. The quantitative estimate of drug-likeness (QED) is 0.0902. The summed E-state index contributed by atoms with van der Waals surface area (Å²) in [6, 6.07) is 38.4. The standard InChI is InChI=1S/C38H29BrN4O4S2/c1-47-29-19-20-31-33(23-29)49-38(42-31)43-37(46)34(25-9-4-2-5-10-25)48-30-14-8-13-28(22-30)40-36(45)32(21-24-15-17-27(39)18-16-24)41-35(44)26-11-6-3-7-12-26/h2-23,34H,1H3,(H,40,45)(H,41,44)(H,42,43,46)/b32-21-. The van der Waals surface area contributed by atoms with Crippen LogP contribution in [-0.4, -0.2) is 29.8 Å². The summed E-state index contributed by atoms with van der Waals surface area (Å²) < 4.78 is 7.12. The number of thioether (sulfide) groups is 1. The third kappa shape index (κ3) is 8.82. The fourth-order valence-corrected chi connectivity index (χ4v) is 7.05. The van der Waals surface area contributed by atoms with Crippen LogP contribution in [0.4, 0.5) is 10.8 Å². The molecule has 3 N–H and O–H groups in total. The lowest BCUT2D eigenvalue weighted by Gasteiger charge is -2.17. The molecule has 49 heavy (non-hydrogen) atoms. The van der Waals surface area contributed by atoms with Crippen LogP contribution >= 0.6 is 39.0 Å². The molecule has 244 valence electrons. The van der Waals surface area contributed by atoms with Crippen LogP contribution in [0, 0.1) is 0 Å². The summed E-state index contributed by atoms with van der Waals surface area (Å²) in [5, 5.41) is 8.54. The van der Waals surface area contributed by atoms with Gasteiger partial charge in [-0.2, -0.15) is 0 Å². The van der Waals surface area contributed by atoms with E-state index in [4.69, 9.17) is 4.74 Å². The average Bonchev–Trinajstić information content (AvgIpc) is 3.53.